The van der Waals surface area contributed by atoms with Crippen molar-refractivity contribution in [2.45, 2.75) is 45.3 Å². The molecule has 0 unspecified atom stereocenters. The largest absolute Gasteiger partial charge is 0.456 e. The predicted octanol–water partition coefficient (Wildman–Crippen LogP) is 4.58. The van der Waals surface area contributed by atoms with E-state index in [4.69, 9.17) is 11.2 Å². The van der Waals surface area contributed by atoms with Gasteiger partial charge in [0, 0.05) is 0 Å². The number of esters is 1. The number of hydrogen-bond acceptors (Lipinski definition) is 3. The summed E-state index contributed by atoms with van der Waals surface area (Å²) in [4.78, 5) is 14.9. The van der Waals surface area contributed by atoms with Crippen molar-refractivity contribution in [3.05, 3.63) is 59.4 Å². The van der Waals surface area contributed by atoms with Crippen molar-refractivity contribution < 1.29 is 13.9 Å². The van der Waals surface area contributed by atoms with Gasteiger partial charge in [0.25, 0.3) is 0 Å². The minimum atomic E-state index is -0.886. The minimum absolute atomic E-state index is 0.0373. The zero-order valence-electron chi connectivity index (χ0n) is 15.5. The zero-order chi connectivity index (χ0) is 18.9. The minimum Gasteiger partial charge on any atom is -0.456 e. The first-order chi connectivity index (χ1) is 12.6. The van der Waals surface area contributed by atoms with E-state index in [9.17, 15) is 9.18 Å². The van der Waals surface area contributed by atoms with Gasteiger partial charge < -0.3 is 4.74 Å². The highest BCUT2D eigenvalue weighted by molar-refractivity contribution is 5.82. The van der Waals surface area contributed by atoms with Crippen LogP contribution < -0.4 is 0 Å². The number of nitrogens with zero attached hydrogens (tertiary/aromatic N) is 1. The lowest BCUT2D eigenvalue weighted by Gasteiger charge is -2.33. The van der Waals surface area contributed by atoms with Crippen molar-refractivity contribution in [2.24, 2.45) is 0 Å². The molecular formula is C22H26FNO2. The molecule has 0 aromatic heterocycles. The molecule has 0 radical (unpaired) electrons. The number of ether oxygens (including phenoxy) is 1. The van der Waals surface area contributed by atoms with E-state index < -0.39 is 23.9 Å². The second-order valence-electron chi connectivity index (χ2n) is 6.39. The van der Waals surface area contributed by atoms with E-state index in [1.54, 1.807) is 13.0 Å². The van der Waals surface area contributed by atoms with Gasteiger partial charge in [0.15, 0.2) is 0 Å². The fourth-order valence-electron chi connectivity index (χ4n) is 3.17. The lowest BCUT2D eigenvalue weighted by molar-refractivity contribution is -0.153. The molecule has 4 heteroatoms. The Kier molecular flexibility index (Phi) is 7.62. The first kappa shape index (κ1) is 19.9. The summed E-state index contributed by atoms with van der Waals surface area (Å²) in [5.74, 6) is 1.32. The van der Waals surface area contributed by atoms with Crippen LogP contribution >= 0.6 is 0 Å². The van der Waals surface area contributed by atoms with E-state index in [2.05, 4.69) is 5.92 Å². The van der Waals surface area contributed by atoms with Crippen molar-refractivity contribution in [1.82, 2.24) is 4.90 Å². The third kappa shape index (κ3) is 5.06. The summed E-state index contributed by atoms with van der Waals surface area (Å²) in [6, 6.07) is 8.58. The number of rotatable bonds is 6. The van der Waals surface area contributed by atoms with Gasteiger partial charge >= 0.3 is 5.97 Å². The van der Waals surface area contributed by atoms with Gasteiger partial charge in [-0.25, -0.2) is 9.18 Å². The van der Waals surface area contributed by atoms with Gasteiger partial charge in [-0.2, -0.15) is 0 Å². The van der Waals surface area contributed by atoms with Gasteiger partial charge in [0.2, 0.25) is 0 Å². The fraction of sp³-hybridized carbons (Fsp3) is 0.409. The van der Waals surface area contributed by atoms with E-state index in [1.807, 2.05) is 42.2 Å². The maximum absolute atomic E-state index is 14.5. The molecule has 1 aliphatic rings. The molecule has 2 atom stereocenters. The first-order valence-electron chi connectivity index (χ1n) is 9.07. The van der Waals surface area contributed by atoms with Crippen molar-refractivity contribution in [3.63, 3.8) is 0 Å². The highest BCUT2D eigenvalue weighted by atomic mass is 19.1. The number of terminal acetylenes is 1. The van der Waals surface area contributed by atoms with Crippen LogP contribution in [-0.2, 0) is 9.53 Å². The Morgan fingerprint density at radius 1 is 1.27 bits per heavy atom. The molecular weight excluding hydrogens is 329 g/mol. The molecule has 1 heterocycles. The number of benzene rings is 1. The predicted molar refractivity (Wildman–Crippen MR) is 102 cm³/mol. The standard InChI is InChI=1S/C22H26FNO2/c1-4-12-20(23)19(5-2)21(24-15-10-7-11-16-24)22(25)26-17(3)18-13-8-6-9-14-18/h2,4,6,8-9,12-14,17,21H,7,10-11,15-16H2,1,3H3/b12-4-,20-19-/t17-,21+/m0/s1. The topological polar surface area (TPSA) is 29.5 Å². The summed E-state index contributed by atoms with van der Waals surface area (Å²) >= 11 is 0. The van der Waals surface area contributed by atoms with E-state index >= 15 is 0 Å². The van der Waals surface area contributed by atoms with Crippen LogP contribution in [0.3, 0.4) is 0 Å². The van der Waals surface area contributed by atoms with Crippen molar-refractivity contribution in [3.8, 4) is 12.3 Å². The Morgan fingerprint density at radius 2 is 1.92 bits per heavy atom. The van der Waals surface area contributed by atoms with Crippen LogP contribution in [-0.4, -0.2) is 30.0 Å². The maximum atomic E-state index is 14.5. The Bertz CT molecular complexity index is 697. The summed E-state index contributed by atoms with van der Waals surface area (Å²) in [6.07, 6.45) is 11.0. The Morgan fingerprint density at radius 3 is 2.50 bits per heavy atom. The van der Waals surface area contributed by atoms with Crippen LogP contribution in [0.2, 0.25) is 0 Å². The molecule has 0 spiro atoms. The lowest BCUT2D eigenvalue weighted by atomic mass is 10.0. The summed E-state index contributed by atoms with van der Waals surface area (Å²) in [5, 5.41) is 0. The van der Waals surface area contributed by atoms with E-state index in [0.29, 0.717) is 13.1 Å². The molecule has 0 amide bonds. The number of halogens is 1. The summed E-state index contributed by atoms with van der Waals surface area (Å²) in [6.45, 7) is 4.92. The number of hydrogen-bond donors (Lipinski definition) is 0. The van der Waals surface area contributed by atoms with Crippen LogP contribution in [0.15, 0.2) is 53.9 Å². The van der Waals surface area contributed by atoms with Crippen molar-refractivity contribution in [1.29, 1.82) is 0 Å². The molecule has 138 valence electrons. The number of carbonyl (C=O) groups is 1. The second-order valence-corrected chi connectivity index (χ2v) is 6.39. The monoisotopic (exact) mass is 355 g/mol. The van der Waals surface area contributed by atoms with Gasteiger partial charge in [-0.1, -0.05) is 48.7 Å². The molecule has 1 aromatic rings. The normalized spacial score (nSPS) is 18.7. The number of piperidine rings is 1. The zero-order valence-corrected chi connectivity index (χ0v) is 15.5. The van der Waals surface area contributed by atoms with Crippen LogP contribution in [0, 0.1) is 12.3 Å². The molecule has 1 aromatic carbocycles. The Balaban J connectivity index is 2.29. The Hall–Kier alpha value is -2.38. The van der Waals surface area contributed by atoms with Crippen LogP contribution in [0.4, 0.5) is 4.39 Å². The third-order valence-electron chi connectivity index (χ3n) is 4.54. The molecule has 3 nitrogen and oxygen atoms in total. The van der Waals surface area contributed by atoms with Crippen LogP contribution in [0.1, 0.15) is 44.8 Å². The average Bonchev–Trinajstić information content (AvgIpc) is 2.67. The van der Waals surface area contributed by atoms with Gasteiger partial charge in [-0.15, -0.1) is 6.42 Å². The quantitative estimate of drug-likeness (QED) is 0.425. The third-order valence-corrected chi connectivity index (χ3v) is 4.54. The molecule has 1 aliphatic heterocycles. The summed E-state index contributed by atoms with van der Waals surface area (Å²) < 4.78 is 20.2. The van der Waals surface area contributed by atoms with E-state index in [-0.39, 0.29) is 5.57 Å². The summed E-state index contributed by atoms with van der Waals surface area (Å²) in [5.41, 5.74) is 0.925. The molecule has 26 heavy (non-hydrogen) atoms. The van der Waals surface area contributed by atoms with Crippen molar-refractivity contribution >= 4 is 5.97 Å². The first-order valence-corrected chi connectivity index (χ1v) is 9.07. The van der Waals surface area contributed by atoms with Crippen molar-refractivity contribution in [2.75, 3.05) is 13.1 Å². The molecule has 1 fully saturated rings. The van der Waals surface area contributed by atoms with Gasteiger partial charge in [0.05, 0.1) is 5.57 Å². The molecule has 0 aliphatic carbocycles. The van der Waals surface area contributed by atoms with Gasteiger partial charge in [-0.3, -0.25) is 4.90 Å². The Labute approximate surface area is 155 Å². The second kappa shape index (κ2) is 9.94. The fourth-order valence-corrected chi connectivity index (χ4v) is 3.17. The highest BCUT2D eigenvalue weighted by Gasteiger charge is 2.34. The number of carbonyl (C=O) groups excluding carboxylic acids is 1. The van der Waals surface area contributed by atoms with Crippen LogP contribution in [0.25, 0.3) is 0 Å². The SMILES string of the molecule is C#C/C(=C(F)\C=C/C)[C@H](C(=O)O[C@@H](C)c1ccccc1)N1CCCCC1. The van der Waals surface area contributed by atoms with E-state index in [0.717, 1.165) is 24.8 Å². The maximum Gasteiger partial charge on any atom is 0.329 e. The van der Waals surface area contributed by atoms with Gasteiger partial charge in [0.1, 0.15) is 18.0 Å². The summed E-state index contributed by atoms with van der Waals surface area (Å²) in [7, 11) is 0. The number of likely N-dealkylation sites (tertiary alicyclic amines) is 1. The van der Waals surface area contributed by atoms with Gasteiger partial charge in [-0.05, 0) is 51.4 Å². The lowest BCUT2D eigenvalue weighted by Crippen LogP contribution is -2.46. The highest BCUT2D eigenvalue weighted by Crippen LogP contribution is 2.25. The molecule has 0 N–H and O–H groups in total. The number of allylic oxidation sites excluding steroid dienone is 3. The van der Waals surface area contributed by atoms with E-state index in [1.165, 1.54) is 6.08 Å². The molecule has 0 saturated carbocycles. The van der Waals surface area contributed by atoms with Crippen LogP contribution in [0.5, 0.6) is 0 Å². The molecule has 0 bridgehead atoms. The average molecular weight is 355 g/mol. The smallest absolute Gasteiger partial charge is 0.329 e. The molecule has 2 rings (SSSR count). The molecule has 1 saturated heterocycles.